The van der Waals surface area contributed by atoms with Crippen molar-refractivity contribution >= 4 is 11.0 Å². The summed E-state index contributed by atoms with van der Waals surface area (Å²) in [6.45, 7) is 4.25. The van der Waals surface area contributed by atoms with Crippen molar-refractivity contribution in [2.75, 3.05) is 0 Å². The number of aromatic nitrogens is 2. The standard InChI is InChI=1S/C10H10N2.C3H8/c1-2-4-10-9(3-1)11-7-12(10)8-5-6-8;1-3-2/h1-4,7-8H,5-6H2;3H2,1-2H3. The summed E-state index contributed by atoms with van der Waals surface area (Å²) in [4.78, 5) is 4.34. The third-order valence-corrected chi connectivity index (χ3v) is 2.42. The molecule has 0 N–H and O–H groups in total. The molecule has 0 radical (unpaired) electrons. The lowest BCUT2D eigenvalue weighted by molar-refractivity contribution is 0.766. The lowest BCUT2D eigenvalue weighted by Crippen LogP contribution is -1.89. The van der Waals surface area contributed by atoms with Gasteiger partial charge in [0.15, 0.2) is 0 Å². The van der Waals surface area contributed by atoms with Crippen molar-refractivity contribution in [1.29, 1.82) is 0 Å². The first kappa shape index (κ1) is 10.2. The van der Waals surface area contributed by atoms with Crippen LogP contribution in [0, 0.1) is 0 Å². The molecule has 1 aromatic heterocycles. The van der Waals surface area contributed by atoms with Crippen LogP contribution in [0.4, 0.5) is 0 Å². The predicted molar refractivity (Wildman–Crippen MR) is 64.0 cm³/mol. The Morgan fingerprint density at radius 3 is 2.60 bits per heavy atom. The molecular formula is C13H18N2. The van der Waals surface area contributed by atoms with Crippen molar-refractivity contribution < 1.29 is 0 Å². The molecule has 0 aliphatic heterocycles. The first-order valence-corrected chi connectivity index (χ1v) is 5.78. The zero-order valence-electron chi connectivity index (χ0n) is 9.48. The van der Waals surface area contributed by atoms with Gasteiger partial charge >= 0.3 is 0 Å². The highest BCUT2D eigenvalue weighted by Crippen LogP contribution is 2.36. The molecule has 0 bridgehead atoms. The van der Waals surface area contributed by atoms with E-state index in [0.717, 1.165) is 11.6 Å². The molecule has 80 valence electrons. The molecule has 2 nitrogen and oxygen atoms in total. The highest BCUT2D eigenvalue weighted by molar-refractivity contribution is 5.75. The number of para-hydroxylation sites is 2. The fourth-order valence-corrected chi connectivity index (χ4v) is 1.62. The summed E-state index contributed by atoms with van der Waals surface area (Å²) in [6.07, 6.45) is 5.85. The summed E-state index contributed by atoms with van der Waals surface area (Å²) < 4.78 is 2.29. The number of hydrogen-bond donors (Lipinski definition) is 0. The molecule has 1 aromatic carbocycles. The zero-order valence-corrected chi connectivity index (χ0v) is 9.48. The topological polar surface area (TPSA) is 17.8 Å². The number of rotatable bonds is 1. The third kappa shape index (κ3) is 2.20. The van der Waals surface area contributed by atoms with Crippen LogP contribution in [0.2, 0.25) is 0 Å². The lowest BCUT2D eigenvalue weighted by Gasteiger charge is -1.98. The van der Waals surface area contributed by atoms with Gasteiger partial charge in [-0.25, -0.2) is 4.98 Å². The van der Waals surface area contributed by atoms with Gasteiger partial charge in [-0.3, -0.25) is 0 Å². The molecule has 0 spiro atoms. The normalized spacial score (nSPS) is 14.8. The largest absolute Gasteiger partial charge is 0.327 e. The Morgan fingerprint density at radius 1 is 1.27 bits per heavy atom. The first-order chi connectivity index (χ1) is 7.36. The number of benzene rings is 1. The summed E-state index contributed by atoms with van der Waals surface area (Å²) in [7, 11) is 0. The van der Waals surface area contributed by atoms with E-state index in [-0.39, 0.29) is 0 Å². The van der Waals surface area contributed by atoms with Crippen molar-refractivity contribution in [3.8, 4) is 0 Å². The van der Waals surface area contributed by atoms with E-state index in [9.17, 15) is 0 Å². The maximum atomic E-state index is 4.34. The SMILES string of the molecule is CCC.c1ccc2c(c1)ncn2C1CC1. The lowest BCUT2D eigenvalue weighted by atomic mass is 10.3. The van der Waals surface area contributed by atoms with E-state index in [0.29, 0.717) is 0 Å². The Labute approximate surface area is 90.9 Å². The van der Waals surface area contributed by atoms with Gasteiger partial charge in [0.2, 0.25) is 0 Å². The van der Waals surface area contributed by atoms with Gasteiger partial charge in [0, 0.05) is 6.04 Å². The molecule has 0 amide bonds. The molecule has 0 unspecified atom stereocenters. The molecule has 1 saturated carbocycles. The van der Waals surface area contributed by atoms with E-state index in [4.69, 9.17) is 0 Å². The number of nitrogens with zero attached hydrogens (tertiary/aromatic N) is 2. The van der Waals surface area contributed by atoms with Gasteiger partial charge in [-0.1, -0.05) is 32.4 Å². The van der Waals surface area contributed by atoms with E-state index in [1.165, 1.54) is 24.8 Å². The van der Waals surface area contributed by atoms with E-state index in [1.807, 2.05) is 12.4 Å². The Morgan fingerprint density at radius 2 is 1.93 bits per heavy atom. The first-order valence-electron chi connectivity index (χ1n) is 5.78. The van der Waals surface area contributed by atoms with E-state index in [1.54, 1.807) is 0 Å². The maximum absolute atomic E-state index is 4.34. The molecule has 2 aromatic rings. The second kappa shape index (κ2) is 4.47. The highest BCUT2D eigenvalue weighted by Gasteiger charge is 2.24. The van der Waals surface area contributed by atoms with Crippen molar-refractivity contribution in [1.82, 2.24) is 9.55 Å². The predicted octanol–water partition coefficient (Wildman–Crippen LogP) is 3.79. The van der Waals surface area contributed by atoms with Gasteiger partial charge in [-0.05, 0) is 25.0 Å². The van der Waals surface area contributed by atoms with Gasteiger partial charge in [0.25, 0.3) is 0 Å². The van der Waals surface area contributed by atoms with Crippen LogP contribution in [0.15, 0.2) is 30.6 Å². The average Bonchev–Trinajstić information content (AvgIpc) is 3.00. The summed E-state index contributed by atoms with van der Waals surface area (Å²) >= 11 is 0. The van der Waals surface area contributed by atoms with E-state index < -0.39 is 0 Å². The molecule has 15 heavy (non-hydrogen) atoms. The summed E-state index contributed by atoms with van der Waals surface area (Å²) in [6, 6.07) is 9.04. The second-order valence-corrected chi connectivity index (χ2v) is 4.08. The van der Waals surface area contributed by atoms with Crippen LogP contribution in [0.3, 0.4) is 0 Å². The molecule has 1 heterocycles. The summed E-state index contributed by atoms with van der Waals surface area (Å²) in [5, 5.41) is 0. The Hall–Kier alpha value is -1.31. The van der Waals surface area contributed by atoms with Gasteiger partial charge in [-0.15, -0.1) is 0 Å². The van der Waals surface area contributed by atoms with Crippen LogP contribution in [0.1, 0.15) is 39.2 Å². The van der Waals surface area contributed by atoms with Crippen LogP contribution >= 0.6 is 0 Å². The number of fused-ring (bicyclic) bond motifs is 1. The smallest absolute Gasteiger partial charge is 0.0960 e. The third-order valence-electron chi connectivity index (χ3n) is 2.42. The van der Waals surface area contributed by atoms with Gasteiger partial charge in [0.1, 0.15) is 0 Å². The molecule has 0 atom stereocenters. The molecule has 1 aliphatic rings. The van der Waals surface area contributed by atoms with Crippen LogP contribution in [0.25, 0.3) is 11.0 Å². The minimum atomic E-state index is 0.734. The Bertz CT molecular complexity index is 427. The van der Waals surface area contributed by atoms with E-state index >= 15 is 0 Å². The fraction of sp³-hybridized carbons (Fsp3) is 0.462. The van der Waals surface area contributed by atoms with Crippen LogP contribution in [-0.2, 0) is 0 Å². The van der Waals surface area contributed by atoms with Gasteiger partial charge in [-0.2, -0.15) is 0 Å². The van der Waals surface area contributed by atoms with Crippen molar-refractivity contribution in [3.05, 3.63) is 30.6 Å². The Balaban J connectivity index is 0.000000258. The molecule has 0 saturated heterocycles. The summed E-state index contributed by atoms with van der Waals surface area (Å²) in [5.41, 5.74) is 2.39. The van der Waals surface area contributed by atoms with Crippen molar-refractivity contribution in [3.63, 3.8) is 0 Å². The summed E-state index contributed by atoms with van der Waals surface area (Å²) in [5.74, 6) is 0. The minimum Gasteiger partial charge on any atom is -0.327 e. The van der Waals surface area contributed by atoms with Crippen LogP contribution < -0.4 is 0 Å². The van der Waals surface area contributed by atoms with E-state index in [2.05, 4.69) is 41.6 Å². The minimum absolute atomic E-state index is 0.734. The zero-order chi connectivity index (χ0) is 10.7. The van der Waals surface area contributed by atoms with Crippen LogP contribution in [0.5, 0.6) is 0 Å². The molecule has 1 aliphatic carbocycles. The maximum Gasteiger partial charge on any atom is 0.0960 e. The Kier molecular flexibility index (Phi) is 3.05. The average molecular weight is 202 g/mol. The van der Waals surface area contributed by atoms with Gasteiger partial charge < -0.3 is 4.57 Å². The highest BCUT2D eigenvalue weighted by atomic mass is 15.1. The van der Waals surface area contributed by atoms with Crippen LogP contribution in [-0.4, -0.2) is 9.55 Å². The number of hydrogen-bond acceptors (Lipinski definition) is 1. The molecule has 1 fully saturated rings. The van der Waals surface area contributed by atoms with Gasteiger partial charge in [0.05, 0.1) is 17.4 Å². The molecule has 3 rings (SSSR count). The van der Waals surface area contributed by atoms with Crippen molar-refractivity contribution in [2.45, 2.75) is 39.2 Å². The fourth-order valence-electron chi connectivity index (χ4n) is 1.62. The quantitative estimate of drug-likeness (QED) is 0.688. The second-order valence-electron chi connectivity index (χ2n) is 4.08. The molecule has 2 heteroatoms. The monoisotopic (exact) mass is 202 g/mol. The van der Waals surface area contributed by atoms with Crippen molar-refractivity contribution in [2.24, 2.45) is 0 Å². The molecular weight excluding hydrogens is 184 g/mol. The number of imidazole rings is 1.